The molecule has 5 aromatic rings. The van der Waals surface area contributed by atoms with Crippen molar-refractivity contribution in [1.82, 2.24) is 0 Å². The average Bonchev–Trinajstić information content (AvgIpc) is 3.48. The summed E-state index contributed by atoms with van der Waals surface area (Å²) in [6.45, 7) is 0. The number of fused-ring (bicyclic) bond motifs is 1. The molecule has 0 saturated heterocycles. The average molecular weight is 694 g/mol. The molecule has 2 atom stereocenters. The van der Waals surface area contributed by atoms with E-state index in [1.54, 1.807) is 7.11 Å². The van der Waals surface area contributed by atoms with Crippen LogP contribution in [0.3, 0.4) is 0 Å². The van der Waals surface area contributed by atoms with E-state index >= 15 is 0 Å². The molecule has 48 heavy (non-hydrogen) atoms. The number of carbonyl (C=O) groups is 2. The van der Waals surface area contributed by atoms with Gasteiger partial charge in [0.15, 0.2) is 5.11 Å². The second kappa shape index (κ2) is 15.5. The molecule has 3 N–H and O–H groups in total. The third-order valence-corrected chi connectivity index (χ3v) is 10.8. The second-order valence-corrected chi connectivity index (χ2v) is 13.9. The van der Waals surface area contributed by atoms with Gasteiger partial charge < -0.3 is 25.4 Å². The molecule has 0 spiro atoms. The fourth-order valence-corrected chi connectivity index (χ4v) is 8.53. The van der Waals surface area contributed by atoms with Gasteiger partial charge in [0.2, 0.25) is 5.91 Å². The van der Waals surface area contributed by atoms with Crippen LogP contribution in [0, 0.1) is 0 Å². The largest absolute Gasteiger partial charge is 0.495 e. The zero-order valence-corrected chi connectivity index (χ0v) is 29.0. The van der Waals surface area contributed by atoms with Crippen molar-refractivity contribution in [3.8, 4) is 5.75 Å². The summed E-state index contributed by atoms with van der Waals surface area (Å²) in [6, 6.07) is 35.4. The smallest absolute Gasteiger partial charge is 0.341 e. The van der Waals surface area contributed by atoms with Gasteiger partial charge in [-0.3, -0.25) is 4.79 Å². The number of methoxy groups -OCH3 is 2. The van der Waals surface area contributed by atoms with Gasteiger partial charge in [-0.1, -0.05) is 78.9 Å². The molecule has 7 nitrogen and oxygen atoms in total. The highest BCUT2D eigenvalue weighted by molar-refractivity contribution is 8.00. The number of anilines is 3. The van der Waals surface area contributed by atoms with Crippen LogP contribution in [0.2, 0.25) is 0 Å². The number of thiocarbonyl (C=S) groups is 1. The van der Waals surface area contributed by atoms with Crippen LogP contribution in [0.5, 0.6) is 5.75 Å². The molecular weight excluding hydrogens is 659 g/mol. The highest BCUT2D eigenvalue weighted by Crippen LogP contribution is 2.44. The maximum absolute atomic E-state index is 14.2. The summed E-state index contributed by atoms with van der Waals surface area (Å²) in [5.41, 5.74) is 5.10. The molecule has 2 unspecified atom stereocenters. The Hall–Kier alpha value is -4.64. The van der Waals surface area contributed by atoms with Crippen molar-refractivity contribution >= 4 is 68.7 Å². The first-order valence-electron chi connectivity index (χ1n) is 15.5. The molecule has 1 amide bonds. The first-order chi connectivity index (χ1) is 23.4. The van der Waals surface area contributed by atoms with Crippen molar-refractivity contribution < 1.29 is 19.1 Å². The minimum absolute atomic E-state index is 0.221. The number of hydrogen-bond donors (Lipinski definition) is 3. The van der Waals surface area contributed by atoms with E-state index < -0.39 is 11.2 Å². The van der Waals surface area contributed by atoms with Crippen molar-refractivity contribution in [2.24, 2.45) is 0 Å². The van der Waals surface area contributed by atoms with Crippen molar-refractivity contribution in [3.63, 3.8) is 0 Å². The van der Waals surface area contributed by atoms with Gasteiger partial charge in [-0.15, -0.1) is 23.1 Å². The van der Waals surface area contributed by atoms with E-state index in [0.717, 1.165) is 51.5 Å². The summed E-state index contributed by atoms with van der Waals surface area (Å²) < 4.78 is 10.6. The van der Waals surface area contributed by atoms with E-state index in [-0.39, 0.29) is 5.91 Å². The molecule has 244 valence electrons. The zero-order chi connectivity index (χ0) is 33.5. The monoisotopic (exact) mass is 693 g/mol. The highest BCUT2D eigenvalue weighted by atomic mass is 32.2. The zero-order valence-electron chi connectivity index (χ0n) is 26.5. The van der Waals surface area contributed by atoms with Crippen molar-refractivity contribution in [3.05, 3.63) is 136 Å². The molecule has 0 bridgehead atoms. The number of thiophene rings is 1. The van der Waals surface area contributed by atoms with E-state index in [2.05, 4.69) is 40.2 Å². The Kier molecular flexibility index (Phi) is 10.7. The Morgan fingerprint density at radius 1 is 0.875 bits per heavy atom. The third kappa shape index (κ3) is 7.73. The summed E-state index contributed by atoms with van der Waals surface area (Å²) in [6.07, 6.45) is 2.49. The summed E-state index contributed by atoms with van der Waals surface area (Å²) >= 11 is 8.48. The van der Waals surface area contributed by atoms with Crippen LogP contribution in [0.4, 0.5) is 16.4 Å². The molecule has 6 rings (SSSR count). The fourth-order valence-electron chi connectivity index (χ4n) is 5.90. The Labute approximate surface area is 294 Å². The Balaban J connectivity index is 1.23. The molecule has 1 aromatic heterocycles. The van der Waals surface area contributed by atoms with Gasteiger partial charge in [0.25, 0.3) is 0 Å². The topological polar surface area (TPSA) is 88.7 Å². The van der Waals surface area contributed by atoms with Crippen molar-refractivity contribution in [1.29, 1.82) is 0 Å². The van der Waals surface area contributed by atoms with Crippen LogP contribution >= 0.6 is 35.3 Å². The highest BCUT2D eigenvalue weighted by Gasteiger charge is 2.32. The van der Waals surface area contributed by atoms with Crippen LogP contribution in [-0.2, 0) is 22.4 Å². The van der Waals surface area contributed by atoms with E-state index in [9.17, 15) is 9.59 Å². The number of thioether (sulfide) groups is 1. The Bertz CT molecular complexity index is 1910. The fraction of sp³-hybridized carbons (Fsp3) is 0.184. The molecule has 0 saturated carbocycles. The number of hydrogen-bond acceptors (Lipinski definition) is 7. The standard InChI is InChI=1S/C38H35N3O4S3/c1-44-31-19-10-9-18-30(31)40-38(46)39-27-16-11-17-28(23-27)47-34(25-14-7-4-8-15-25)35(42)41-36-33(37(43)45-2)29-21-20-26(22-32(29)48-36)24-12-5-3-6-13-24/h3-19,23,26,34H,20-22H2,1-2H3,(H,41,42)(H2,39,40,46). The number of benzene rings is 4. The van der Waals surface area contributed by atoms with E-state index in [4.69, 9.17) is 21.7 Å². The SMILES string of the molecule is COC(=O)c1c(NC(=O)C(Sc2cccc(NC(=S)Nc3ccccc3OC)c2)c2ccccc2)sc2c1CCC(c1ccccc1)C2. The van der Waals surface area contributed by atoms with E-state index in [0.29, 0.717) is 27.3 Å². The lowest BCUT2D eigenvalue weighted by molar-refractivity contribution is -0.115. The Morgan fingerprint density at radius 2 is 1.60 bits per heavy atom. The Morgan fingerprint density at radius 3 is 2.35 bits per heavy atom. The minimum atomic E-state index is -0.596. The molecule has 0 radical (unpaired) electrons. The van der Waals surface area contributed by atoms with Crippen LogP contribution in [-0.4, -0.2) is 31.2 Å². The lowest BCUT2D eigenvalue weighted by Crippen LogP contribution is -2.20. The normalized spacial score (nSPS) is 14.2. The molecule has 0 aliphatic heterocycles. The van der Waals surface area contributed by atoms with Crippen LogP contribution in [0.25, 0.3) is 0 Å². The van der Waals surface area contributed by atoms with Gasteiger partial charge >= 0.3 is 5.97 Å². The van der Waals surface area contributed by atoms with Gasteiger partial charge in [-0.2, -0.15) is 0 Å². The molecule has 0 fully saturated rings. The molecule has 1 aliphatic rings. The maximum Gasteiger partial charge on any atom is 0.341 e. The van der Waals surface area contributed by atoms with Crippen LogP contribution in [0.15, 0.2) is 114 Å². The first kappa shape index (κ1) is 33.3. The van der Waals surface area contributed by atoms with Gasteiger partial charge in [0.05, 0.1) is 25.5 Å². The summed E-state index contributed by atoms with van der Waals surface area (Å²) in [5.74, 6) is 0.390. The molecule has 1 aliphatic carbocycles. The van der Waals surface area contributed by atoms with Crippen molar-refractivity contribution in [2.75, 3.05) is 30.2 Å². The predicted molar refractivity (Wildman–Crippen MR) is 200 cm³/mol. The lowest BCUT2D eigenvalue weighted by atomic mass is 9.83. The van der Waals surface area contributed by atoms with Crippen molar-refractivity contribution in [2.45, 2.75) is 35.3 Å². The van der Waals surface area contributed by atoms with E-state index in [1.807, 2.05) is 84.9 Å². The molecule has 1 heterocycles. The minimum Gasteiger partial charge on any atom is -0.495 e. The number of rotatable bonds is 10. The van der Waals surface area contributed by atoms with Gasteiger partial charge in [0, 0.05) is 15.5 Å². The van der Waals surface area contributed by atoms with Crippen LogP contribution in [0.1, 0.15) is 49.5 Å². The number of ether oxygens (including phenoxy) is 2. The van der Waals surface area contributed by atoms with Gasteiger partial charge in [0.1, 0.15) is 16.0 Å². The number of nitrogens with one attached hydrogen (secondary N) is 3. The van der Waals surface area contributed by atoms with Crippen LogP contribution < -0.4 is 20.7 Å². The van der Waals surface area contributed by atoms with E-state index in [1.165, 1.54) is 35.8 Å². The molecule has 10 heteroatoms. The predicted octanol–water partition coefficient (Wildman–Crippen LogP) is 9.10. The first-order valence-corrected chi connectivity index (χ1v) is 17.6. The number of esters is 1. The molecular formula is C38H35N3O4S3. The number of carbonyl (C=O) groups excluding carboxylic acids is 2. The maximum atomic E-state index is 14.2. The molecule has 4 aromatic carbocycles. The quantitative estimate of drug-likeness (QED) is 0.0759. The second-order valence-electron chi connectivity index (χ2n) is 11.3. The number of para-hydroxylation sites is 2. The third-order valence-electron chi connectivity index (χ3n) is 8.20. The summed E-state index contributed by atoms with van der Waals surface area (Å²) in [4.78, 5) is 29.3. The number of amides is 1. The van der Waals surface area contributed by atoms with Gasteiger partial charge in [-0.05, 0) is 84.4 Å². The summed E-state index contributed by atoms with van der Waals surface area (Å²) in [5, 5.41) is 9.91. The van der Waals surface area contributed by atoms with Gasteiger partial charge in [-0.25, -0.2) is 4.79 Å². The lowest BCUT2D eigenvalue weighted by Gasteiger charge is -2.22. The summed E-state index contributed by atoms with van der Waals surface area (Å²) in [7, 11) is 3.00.